The molecule has 0 spiro atoms. The molecular weight excluding hydrogens is 342 g/mol. The van der Waals surface area contributed by atoms with Crippen LogP contribution in [0.25, 0.3) is 0 Å². The van der Waals surface area contributed by atoms with E-state index in [1.807, 2.05) is 0 Å². The molecule has 38 valence electrons. The molecule has 0 saturated carbocycles. The Kier molecular flexibility index (Phi) is 1070. The third-order valence-corrected chi connectivity index (χ3v) is 0. The van der Waals surface area contributed by atoms with Crippen molar-refractivity contribution in [2.24, 2.45) is 0 Å². The van der Waals surface area contributed by atoms with Crippen LogP contribution in [0.5, 0.6) is 0 Å². The van der Waals surface area contributed by atoms with Crippen LogP contribution in [0.2, 0.25) is 0 Å². The molecule has 7 heavy (non-hydrogen) atoms. The van der Waals surface area contributed by atoms with Gasteiger partial charge in [0.2, 0.25) is 0 Å². The second-order valence-electron chi connectivity index (χ2n) is 0. The zero-order chi connectivity index (χ0) is 0. The summed E-state index contributed by atoms with van der Waals surface area (Å²) in [6, 6.07) is 0. The minimum Gasteiger partial charge on any atom is -0.870 e. The van der Waals surface area contributed by atoms with Crippen molar-refractivity contribution in [3.63, 3.8) is 0 Å². The fourth-order valence-electron chi connectivity index (χ4n) is 0. The molecule has 0 rings (SSSR count). The maximum Gasteiger partial charge on any atom is 3.00 e. The van der Waals surface area contributed by atoms with Crippen molar-refractivity contribution in [3.05, 3.63) is 0 Å². The normalized spacial score (nSPS) is 0. The van der Waals surface area contributed by atoms with Crippen molar-refractivity contribution in [2.45, 2.75) is 0 Å². The quantitative estimate of drug-likeness (QED) is 0.538. The van der Waals surface area contributed by atoms with Gasteiger partial charge in [-0.05, 0) is 0 Å². The fraction of sp³-hybridized carbons (Fsp3) is 0. The van der Waals surface area contributed by atoms with Crippen molar-refractivity contribution >= 4 is 0 Å². The third kappa shape index (κ3) is 54.8. The van der Waals surface area contributed by atoms with Gasteiger partial charge in [0.1, 0.15) is 0 Å². The van der Waals surface area contributed by atoms with Gasteiger partial charge in [0.25, 0.3) is 0 Å². The molecule has 0 aliphatic rings. The first-order valence-corrected chi connectivity index (χ1v) is 0. The number of hydrogen-bond acceptors (Lipinski definition) is 4. The predicted octanol–water partition coefficient (Wildman–Crippen LogP) is -0.712. The monoisotopic (exact) mass is 345 g/mol. The van der Waals surface area contributed by atoms with Crippen LogP contribution in [0.3, 0.4) is 0 Å². The first kappa shape index (κ1) is 104. The van der Waals surface area contributed by atoms with E-state index in [2.05, 4.69) is 0 Å². The van der Waals surface area contributed by atoms with E-state index in [0.717, 1.165) is 0 Å². The fourth-order valence-corrected chi connectivity index (χ4v) is 0. The minimum absolute atomic E-state index is 0. The standard InChI is InChI=1S/La.4H2O.Ti.Zr/h;4*1H2;;/q+3;;;;;;+2/p-4. The maximum atomic E-state index is 0. The Morgan fingerprint density at radius 1 is 0.571 bits per heavy atom. The van der Waals surface area contributed by atoms with E-state index >= 15 is 0 Å². The molecule has 0 aliphatic heterocycles. The van der Waals surface area contributed by atoms with Gasteiger partial charge in [-0.25, -0.2) is 0 Å². The van der Waals surface area contributed by atoms with Crippen LogP contribution in [0.15, 0.2) is 0 Å². The van der Waals surface area contributed by atoms with E-state index in [9.17, 15) is 0 Å². The summed E-state index contributed by atoms with van der Waals surface area (Å²) in [5, 5.41) is 0. The van der Waals surface area contributed by atoms with E-state index in [1.54, 1.807) is 0 Å². The van der Waals surface area contributed by atoms with E-state index in [1.165, 1.54) is 0 Å². The molecule has 0 atom stereocenters. The van der Waals surface area contributed by atoms with Crippen LogP contribution < -0.4 is 0 Å². The Labute approximate surface area is 104 Å². The second kappa shape index (κ2) is 72.6. The van der Waals surface area contributed by atoms with Crippen molar-refractivity contribution in [2.75, 3.05) is 0 Å². The Morgan fingerprint density at radius 2 is 0.571 bits per heavy atom. The predicted molar refractivity (Wildman–Crippen MR) is 7.74 cm³/mol. The molecule has 0 fully saturated rings. The maximum absolute atomic E-state index is 0. The molecular formula is H4LaO4TiZr+. The molecule has 0 radical (unpaired) electrons. The SMILES string of the molecule is [La+3].[OH-].[OH-].[OH-].[OH-].[Ti].[Zr+2]. The van der Waals surface area contributed by atoms with Crippen LogP contribution >= 0.6 is 0 Å². The second-order valence-corrected chi connectivity index (χ2v) is 0. The summed E-state index contributed by atoms with van der Waals surface area (Å²) in [5.41, 5.74) is 0. The van der Waals surface area contributed by atoms with Gasteiger partial charge in [-0.3, -0.25) is 0 Å². The summed E-state index contributed by atoms with van der Waals surface area (Å²) >= 11 is 0. The molecule has 0 aliphatic carbocycles. The van der Waals surface area contributed by atoms with Gasteiger partial charge in [-0.1, -0.05) is 0 Å². The smallest absolute Gasteiger partial charge is 0.870 e. The molecule has 0 saturated heterocycles. The average molecular weight is 346 g/mol. The zero-order valence-electron chi connectivity index (χ0n) is 3.37. The van der Waals surface area contributed by atoms with E-state index in [0.29, 0.717) is 0 Å². The summed E-state index contributed by atoms with van der Waals surface area (Å²) < 4.78 is 0. The van der Waals surface area contributed by atoms with E-state index in [-0.39, 0.29) is 105 Å². The van der Waals surface area contributed by atoms with Crippen molar-refractivity contribution in [3.8, 4) is 0 Å². The Hall–Kier alpha value is 2.63. The third-order valence-electron chi connectivity index (χ3n) is 0. The molecule has 0 unspecified atom stereocenters. The summed E-state index contributed by atoms with van der Waals surface area (Å²) in [7, 11) is 0. The van der Waals surface area contributed by atoms with Crippen LogP contribution in [-0.2, 0) is 47.9 Å². The van der Waals surface area contributed by atoms with E-state index < -0.39 is 0 Å². The van der Waals surface area contributed by atoms with Crippen LogP contribution in [-0.4, -0.2) is 21.9 Å². The zero-order valence-corrected chi connectivity index (χ0v) is 11.0. The Bertz CT molecular complexity index is 11.7. The topological polar surface area (TPSA) is 120 Å². The van der Waals surface area contributed by atoms with Crippen molar-refractivity contribution < 1.29 is 105 Å². The summed E-state index contributed by atoms with van der Waals surface area (Å²) in [6.45, 7) is 0. The Morgan fingerprint density at radius 3 is 0.571 bits per heavy atom. The molecule has 0 aromatic carbocycles. The van der Waals surface area contributed by atoms with Crippen molar-refractivity contribution in [1.29, 1.82) is 0 Å². The molecule has 4 N–H and O–H groups in total. The van der Waals surface area contributed by atoms with Gasteiger partial charge >= 0.3 is 61.8 Å². The summed E-state index contributed by atoms with van der Waals surface area (Å²) in [5.74, 6) is 0. The Balaban J connectivity index is 0. The van der Waals surface area contributed by atoms with Gasteiger partial charge in [0, 0.05) is 21.7 Å². The number of hydrogen-bond donors (Lipinski definition) is 0. The minimum atomic E-state index is 0. The van der Waals surface area contributed by atoms with Gasteiger partial charge < -0.3 is 21.9 Å². The van der Waals surface area contributed by atoms with Gasteiger partial charge in [-0.2, -0.15) is 0 Å². The summed E-state index contributed by atoms with van der Waals surface area (Å²) in [4.78, 5) is 0. The van der Waals surface area contributed by atoms with Crippen LogP contribution in [0.1, 0.15) is 0 Å². The van der Waals surface area contributed by atoms with Crippen LogP contribution in [0.4, 0.5) is 0 Å². The first-order valence-electron chi connectivity index (χ1n) is 0. The molecule has 0 aromatic heterocycles. The molecule has 4 nitrogen and oxygen atoms in total. The molecule has 0 bridgehead atoms. The molecule has 0 aromatic rings. The molecule has 0 amide bonds. The first-order chi connectivity index (χ1) is 0. The molecule has 7 heteroatoms. The van der Waals surface area contributed by atoms with Crippen LogP contribution in [0, 0.1) is 35.6 Å². The van der Waals surface area contributed by atoms with Crippen molar-refractivity contribution in [1.82, 2.24) is 0 Å². The van der Waals surface area contributed by atoms with E-state index in [4.69, 9.17) is 0 Å². The van der Waals surface area contributed by atoms with Gasteiger partial charge in [-0.15, -0.1) is 0 Å². The summed E-state index contributed by atoms with van der Waals surface area (Å²) in [6.07, 6.45) is 0. The van der Waals surface area contributed by atoms with Gasteiger partial charge in [0.05, 0.1) is 0 Å². The largest absolute Gasteiger partial charge is 3.00 e. The van der Waals surface area contributed by atoms with Gasteiger partial charge in [0.15, 0.2) is 0 Å². The molecule has 0 heterocycles. The average Bonchev–Trinajstić information content (AvgIpc) is 0. The number of rotatable bonds is 0.